The molecule has 0 bridgehead atoms. The second kappa shape index (κ2) is 8.13. The van der Waals surface area contributed by atoms with Crippen LogP contribution in [0.1, 0.15) is 16.4 Å². The van der Waals surface area contributed by atoms with E-state index in [1.54, 1.807) is 11.3 Å². The molecule has 5 rings (SSSR count). The van der Waals surface area contributed by atoms with Crippen molar-refractivity contribution in [3.63, 3.8) is 0 Å². The summed E-state index contributed by atoms with van der Waals surface area (Å²) in [4.78, 5) is 22.7. The fraction of sp³-hybridized carbons (Fsp3) is 0.150. The van der Waals surface area contributed by atoms with Gasteiger partial charge in [-0.05, 0) is 30.5 Å². The molecule has 1 aromatic carbocycles. The first-order valence-corrected chi connectivity index (χ1v) is 11.9. The van der Waals surface area contributed by atoms with Crippen molar-refractivity contribution in [2.75, 3.05) is 11.1 Å². The third-order valence-electron chi connectivity index (χ3n) is 4.40. The van der Waals surface area contributed by atoms with Gasteiger partial charge >= 0.3 is 0 Å². The van der Waals surface area contributed by atoms with Crippen LogP contribution in [0.4, 0.5) is 5.13 Å². The summed E-state index contributed by atoms with van der Waals surface area (Å²) >= 11 is 4.45. The first-order valence-electron chi connectivity index (χ1n) is 9.17. The van der Waals surface area contributed by atoms with Gasteiger partial charge in [-0.15, -0.1) is 32.9 Å². The number of carbonyl (C=O) groups excluding carboxylic acids is 1. The van der Waals surface area contributed by atoms with Gasteiger partial charge in [0.15, 0.2) is 15.9 Å². The molecule has 150 valence electrons. The van der Waals surface area contributed by atoms with Crippen LogP contribution < -0.4 is 5.32 Å². The van der Waals surface area contributed by atoms with Gasteiger partial charge in [0, 0.05) is 22.1 Å². The number of aryl methyl sites for hydroxylation is 1. The summed E-state index contributed by atoms with van der Waals surface area (Å²) < 4.78 is 1.97. The van der Waals surface area contributed by atoms with Gasteiger partial charge in [0.25, 0.3) is 0 Å². The third-order valence-corrected chi connectivity index (χ3v) is 7.08. The Labute approximate surface area is 184 Å². The van der Waals surface area contributed by atoms with Crippen LogP contribution in [-0.4, -0.2) is 36.2 Å². The van der Waals surface area contributed by atoms with Crippen LogP contribution in [0, 0.1) is 6.92 Å². The van der Waals surface area contributed by atoms with Crippen molar-refractivity contribution in [1.29, 1.82) is 0 Å². The van der Waals surface area contributed by atoms with Crippen LogP contribution in [0.15, 0.2) is 52.3 Å². The molecule has 0 unspecified atom stereocenters. The van der Waals surface area contributed by atoms with Gasteiger partial charge in [-0.2, -0.15) is 0 Å². The van der Waals surface area contributed by atoms with Crippen LogP contribution in [0.3, 0.4) is 0 Å². The number of fused-ring (bicyclic) bond motifs is 3. The van der Waals surface area contributed by atoms with E-state index in [0.717, 1.165) is 28.1 Å². The highest BCUT2D eigenvalue weighted by molar-refractivity contribution is 7.99. The maximum atomic E-state index is 12.4. The van der Waals surface area contributed by atoms with E-state index in [4.69, 9.17) is 4.98 Å². The molecule has 0 saturated heterocycles. The quantitative estimate of drug-likeness (QED) is 0.384. The van der Waals surface area contributed by atoms with E-state index < -0.39 is 0 Å². The summed E-state index contributed by atoms with van der Waals surface area (Å²) in [6, 6.07) is 12.0. The predicted octanol–water partition coefficient (Wildman–Crippen LogP) is 4.43. The third kappa shape index (κ3) is 3.81. The number of nitrogens with zero attached hydrogens (tertiary/aromatic N) is 5. The van der Waals surface area contributed by atoms with Crippen LogP contribution in [0.5, 0.6) is 0 Å². The molecule has 0 aliphatic carbocycles. The number of amides is 1. The molecule has 0 aliphatic rings. The molecule has 0 spiro atoms. The minimum absolute atomic E-state index is 0.125. The van der Waals surface area contributed by atoms with Crippen LogP contribution >= 0.6 is 34.4 Å². The zero-order chi connectivity index (χ0) is 20.5. The van der Waals surface area contributed by atoms with Gasteiger partial charge in [0.2, 0.25) is 5.91 Å². The van der Waals surface area contributed by atoms with Crippen molar-refractivity contribution < 1.29 is 4.79 Å². The molecule has 7 nitrogen and oxygen atoms in total. The number of rotatable bonds is 6. The van der Waals surface area contributed by atoms with Gasteiger partial charge < -0.3 is 5.32 Å². The molecule has 0 fully saturated rings. The lowest BCUT2D eigenvalue weighted by atomic mass is 10.2. The number of nitrogens with one attached hydrogen (secondary N) is 1. The Hall–Kier alpha value is -2.82. The van der Waals surface area contributed by atoms with Gasteiger partial charge in [0.05, 0.1) is 17.0 Å². The summed E-state index contributed by atoms with van der Waals surface area (Å²) in [7, 11) is 0. The topological polar surface area (TPSA) is 85.1 Å². The lowest BCUT2D eigenvalue weighted by Gasteiger charge is -2.08. The minimum Gasteiger partial charge on any atom is -0.301 e. The average Bonchev–Trinajstić information content (AvgIpc) is 3.48. The average molecular weight is 453 g/mol. The van der Waals surface area contributed by atoms with E-state index in [2.05, 4.69) is 31.9 Å². The fourth-order valence-corrected chi connectivity index (χ4v) is 5.26. The Balaban J connectivity index is 1.47. The molecule has 1 amide bonds. The van der Waals surface area contributed by atoms with Crippen molar-refractivity contribution in [2.24, 2.45) is 0 Å². The number of para-hydroxylation sites is 1. The molecule has 0 atom stereocenters. The number of carbonyl (C=O) groups is 1. The highest BCUT2D eigenvalue weighted by Gasteiger charge is 2.17. The van der Waals surface area contributed by atoms with Gasteiger partial charge in [-0.25, -0.2) is 9.97 Å². The number of thioether (sulfide) groups is 1. The van der Waals surface area contributed by atoms with E-state index in [-0.39, 0.29) is 11.7 Å². The largest absolute Gasteiger partial charge is 0.301 e. The molecule has 5 aromatic rings. The molecule has 0 saturated carbocycles. The van der Waals surface area contributed by atoms with Crippen molar-refractivity contribution in [3.05, 3.63) is 63.6 Å². The van der Waals surface area contributed by atoms with Crippen LogP contribution in [-0.2, 0) is 11.2 Å². The maximum absolute atomic E-state index is 12.4. The highest BCUT2D eigenvalue weighted by atomic mass is 32.2. The standard InChI is InChI=1S/C20H16N6OS3/c1-12-10-29-19(21-12)23-17(27)11-30-20-25-24-18-14-6-2-3-7-15(14)22-16(26(18)20)9-13-5-4-8-28-13/h2-8,10H,9,11H2,1H3,(H,21,23,27). The monoisotopic (exact) mass is 452 g/mol. The molecule has 30 heavy (non-hydrogen) atoms. The summed E-state index contributed by atoms with van der Waals surface area (Å²) in [5.74, 6) is 0.944. The lowest BCUT2D eigenvalue weighted by Crippen LogP contribution is -2.14. The minimum atomic E-state index is -0.125. The highest BCUT2D eigenvalue weighted by Crippen LogP contribution is 2.26. The Morgan fingerprint density at radius 2 is 2.03 bits per heavy atom. The summed E-state index contributed by atoms with van der Waals surface area (Å²) in [6.45, 7) is 1.90. The number of hydrogen-bond acceptors (Lipinski definition) is 8. The van der Waals surface area contributed by atoms with Crippen LogP contribution in [0.25, 0.3) is 16.6 Å². The molecular weight excluding hydrogens is 436 g/mol. The molecular formula is C20H16N6OS3. The maximum Gasteiger partial charge on any atom is 0.236 e. The fourth-order valence-electron chi connectivity index (χ4n) is 3.10. The molecule has 10 heteroatoms. The Morgan fingerprint density at radius 3 is 2.83 bits per heavy atom. The Bertz CT molecular complexity index is 1340. The van der Waals surface area contributed by atoms with E-state index in [1.807, 2.05) is 47.0 Å². The van der Waals surface area contributed by atoms with Crippen molar-refractivity contribution in [3.8, 4) is 0 Å². The van der Waals surface area contributed by atoms with E-state index in [9.17, 15) is 4.79 Å². The zero-order valence-corrected chi connectivity index (χ0v) is 18.4. The van der Waals surface area contributed by atoms with Gasteiger partial charge in [-0.1, -0.05) is 30.0 Å². The summed E-state index contributed by atoms with van der Waals surface area (Å²) in [6.07, 6.45) is 0.676. The Kier molecular flexibility index (Phi) is 5.19. The zero-order valence-electron chi connectivity index (χ0n) is 15.9. The first kappa shape index (κ1) is 19.2. The van der Waals surface area contributed by atoms with E-state index in [1.165, 1.54) is 28.0 Å². The first-order chi connectivity index (χ1) is 14.7. The van der Waals surface area contributed by atoms with Crippen LogP contribution in [0.2, 0.25) is 0 Å². The number of thiophene rings is 1. The normalized spacial score (nSPS) is 11.4. The second-order valence-electron chi connectivity index (χ2n) is 6.57. The SMILES string of the molecule is Cc1csc(NC(=O)CSc2nnc3c4ccccc4nc(Cc4cccs4)n23)n1. The smallest absolute Gasteiger partial charge is 0.236 e. The molecule has 4 heterocycles. The number of hydrogen-bond donors (Lipinski definition) is 1. The molecule has 1 N–H and O–H groups in total. The van der Waals surface area contributed by atoms with E-state index in [0.29, 0.717) is 16.7 Å². The van der Waals surface area contributed by atoms with E-state index >= 15 is 0 Å². The molecule has 0 aliphatic heterocycles. The summed E-state index contributed by atoms with van der Waals surface area (Å²) in [5.41, 5.74) is 2.53. The molecule has 0 radical (unpaired) electrons. The number of thiazole rings is 1. The van der Waals surface area contributed by atoms with Crippen molar-refractivity contribution in [2.45, 2.75) is 18.5 Å². The van der Waals surface area contributed by atoms with Crippen molar-refractivity contribution >= 4 is 62.0 Å². The Morgan fingerprint density at radius 1 is 1.13 bits per heavy atom. The summed E-state index contributed by atoms with van der Waals surface area (Å²) in [5, 5.41) is 17.8. The number of benzene rings is 1. The van der Waals surface area contributed by atoms with Gasteiger partial charge in [-0.3, -0.25) is 9.20 Å². The number of anilines is 1. The van der Waals surface area contributed by atoms with Crippen molar-refractivity contribution in [1.82, 2.24) is 24.6 Å². The lowest BCUT2D eigenvalue weighted by molar-refractivity contribution is -0.113. The molecule has 4 aromatic heterocycles. The van der Waals surface area contributed by atoms with Gasteiger partial charge in [0.1, 0.15) is 5.82 Å². The second-order valence-corrected chi connectivity index (χ2v) is 9.41. The predicted molar refractivity (Wildman–Crippen MR) is 122 cm³/mol. The number of aromatic nitrogens is 5.